The predicted octanol–water partition coefficient (Wildman–Crippen LogP) is 2.69. The summed E-state index contributed by atoms with van der Waals surface area (Å²) < 4.78 is 27.5. The fraction of sp³-hybridized carbons (Fsp3) is 0.526. The summed E-state index contributed by atoms with van der Waals surface area (Å²) in [6.45, 7) is 1.41. The van der Waals surface area contributed by atoms with Gasteiger partial charge in [-0.1, -0.05) is 18.2 Å². The van der Waals surface area contributed by atoms with Gasteiger partial charge in [-0.2, -0.15) is 0 Å². The number of fused-ring (bicyclic) bond motifs is 2. The van der Waals surface area contributed by atoms with Gasteiger partial charge in [-0.05, 0) is 49.4 Å². The molecule has 0 radical (unpaired) electrons. The lowest BCUT2D eigenvalue weighted by molar-refractivity contribution is 0.102. The molecule has 2 aliphatic rings. The van der Waals surface area contributed by atoms with Gasteiger partial charge in [-0.25, -0.2) is 8.42 Å². The first-order valence-corrected chi connectivity index (χ1v) is 12.5. The van der Waals surface area contributed by atoms with E-state index in [9.17, 15) is 13.2 Å². The number of ketones is 1. The van der Waals surface area contributed by atoms with E-state index >= 15 is 0 Å². The zero-order valence-corrected chi connectivity index (χ0v) is 17.6. The maximum Gasteiger partial charge on any atom is 0.232 e. The minimum Gasteiger partial charge on any atom is -0.306 e. The minimum atomic E-state index is -3.30. The van der Waals surface area contributed by atoms with Crippen molar-refractivity contribution in [1.82, 2.24) is 14.8 Å². The van der Waals surface area contributed by atoms with Gasteiger partial charge >= 0.3 is 0 Å². The molecule has 0 atom stereocenters. The number of rotatable bonds is 5. The number of thioether (sulfide) groups is 1. The number of hydrogen-bond acceptors (Lipinski definition) is 6. The molecule has 2 aromatic rings. The van der Waals surface area contributed by atoms with Crippen molar-refractivity contribution in [1.29, 1.82) is 0 Å². The Balaban J connectivity index is 1.48. The van der Waals surface area contributed by atoms with Gasteiger partial charge < -0.3 is 4.57 Å². The van der Waals surface area contributed by atoms with Crippen LogP contribution in [-0.4, -0.2) is 47.5 Å². The lowest BCUT2D eigenvalue weighted by atomic mass is 9.99. The molecule has 28 heavy (non-hydrogen) atoms. The summed E-state index contributed by atoms with van der Waals surface area (Å²) in [6.07, 6.45) is 7.18. The van der Waals surface area contributed by atoms with Crippen LogP contribution >= 0.6 is 11.8 Å². The molecule has 3 heterocycles. The first kappa shape index (κ1) is 19.4. The molecule has 1 aromatic heterocycles. The molecule has 4 rings (SSSR count). The van der Waals surface area contributed by atoms with Crippen molar-refractivity contribution in [3.63, 3.8) is 0 Å². The van der Waals surface area contributed by atoms with E-state index in [1.54, 1.807) is 12.1 Å². The number of nitrogens with zero attached hydrogens (tertiary/aromatic N) is 4. The van der Waals surface area contributed by atoms with Gasteiger partial charge in [0.1, 0.15) is 5.82 Å². The molecule has 9 heteroatoms. The second-order valence-electron chi connectivity index (χ2n) is 7.36. The maximum atomic E-state index is 12.7. The van der Waals surface area contributed by atoms with Crippen molar-refractivity contribution in [3.05, 3.63) is 35.2 Å². The van der Waals surface area contributed by atoms with E-state index in [2.05, 4.69) is 14.8 Å². The van der Waals surface area contributed by atoms with Crippen LogP contribution in [0.5, 0.6) is 0 Å². The molecular weight excluding hydrogens is 396 g/mol. The highest BCUT2D eigenvalue weighted by atomic mass is 32.2. The average Bonchev–Trinajstić information content (AvgIpc) is 2.90. The largest absolute Gasteiger partial charge is 0.306 e. The molecule has 7 nitrogen and oxygen atoms in total. The SMILES string of the molecule is CS(=O)(=O)N1CCCc2cc(C(=O)CSc3nnc4n3CCCCC4)ccc21. The summed E-state index contributed by atoms with van der Waals surface area (Å²) in [5.74, 6) is 1.34. The fourth-order valence-corrected chi connectivity index (χ4v) is 5.73. The number of carbonyl (C=O) groups is 1. The van der Waals surface area contributed by atoms with Crippen molar-refractivity contribution in [2.45, 2.75) is 50.2 Å². The summed E-state index contributed by atoms with van der Waals surface area (Å²) in [7, 11) is -3.30. The Hall–Kier alpha value is -1.87. The molecule has 0 spiro atoms. The Bertz CT molecular complexity index is 1000. The van der Waals surface area contributed by atoms with Crippen LogP contribution in [-0.2, 0) is 29.4 Å². The van der Waals surface area contributed by atoms with Crippen LogP contribution in [0.3, 0.4) is 0 Å². The van der Waals surface area contributed by atoms with Crippen LogP contribution in [0.15, 0.2) is 23.4 Å². The van der Waals surface area contributed by atoms with Gasteiger partial charge in [0.15, 0.2) is 10.9 Å². The monoisotopic (exact) mass is 420 g/mol. The number of benzene rings is 1. The maximum absolute atomic E-state index is 12.7. The molecule has 0 aliphatic carbocycles. The second-order valence-corrected chi connectivity index (χ2v) is 10.2. The number of carbonyl (C=O) groups excluding carboxylic acids is 1. The van der Waals surface area contributed by atoms with Gasteiger partial charge in [0.2, 0.25) is 10.0 Å². The summed E-state index contributed by atoms with van der Waals surface area (Å²) in [4.78, 5) is 12.7. The number of hydrogen-bond donors (Lipinski definition) is 0. The van der Waals surface area contributed by atoms with E-state index in [0.29, 0.717) is 23.5 Å². The van der Waals surface area contributed by atoms with E-state index in [4.69, 9.17) is 0 Å². The van der Waals surface area contributed by atoms with Crippen molar-refractivity contribution in [2.75, 3.05) is 22.9 Å². The Morgan fingerprint density at radius 1 is 1.11 bits per heavy atom. The molecule has 150 valence electrons. The lowest BCUT2D eigenvalue weighted by Crippen LogP contribution is -2.34. The standard InChI is InChI=1S/C19H24N4O3S2/c1-28(25,26)23-11-5-6-14-12-15(8-9-16(14)23)17(24)13-27-19-21-20-18-7-3-2-4-10-22(18)19/h8-9,12H,2-7,10-11,13H2,1H3. The summed E-state index contributed by atoms with van der Waals surface area (Å²) in [5, 5.41) is 9.35. The molecule has 0 bridgehead atoms. The molecule has 0 fully saturated rings. The number of Topliss-reactive ketones (excluding diaryl/α,β-unsaturated/α-hetero) is 1. The Labute approximate surface area is 169 Å². The minimum absolute atomic E-state index is 0.0234. The highest BCUT2D eigenvalue weighted by Gasteiger charge is 2.25. The summed E-state index contributed by atoms with van der Waals surface area (Å²) in [5.41, 5.74) is 2.24. The molecule has 2 aliphatic heterocycles. The molecule has 1 aromatic carbocycles. The fourth-order valence-electron chi connectivity index (χ4n) is 3.86. The molecule has 0 unspecified atom stereocenters. The third-order valence-corrected chi connectivity index (χ3v) is 7.43. The van der Waals surface area contributed by atoms with Crippen LogP contribution in [0.4, 0.5) is 5.69 Å². The van der Waals surface area contributed by atoms with Crippen LogP contribution in [0, 0.1) is 0 Å². The average molecular weight is 421 g/mol. The van der Waals surface area contributed by atoms with E-state index in [-0.39, 0.29) is 5.78 Å². The van der Waals surface area contributed by atoms with Gasteiger partial charge in [0.25, 0.3) is 0 Å². The van der Waals surface area contributed by atoms with Gasteiger partial charge in [-0.15, -0.1) is 10.2 Å². The van der Waals surface area contributed by atoms with Crippen molar-refractivity contribution >= 4 is 33.3 Å². The number of sulfonamides is 1. The van der Waals surface area contributed by atoms with Crippen molar-refractivity contribution in [2.24, 2.45) is 0 Å². The third kappa shape index (κ3) is 3.96. The van der Waals surface area contributed by atoms with E-state index in [0.717, 1.165) is 55.2 Å². The molecule has 0 saturated heterocycles. The van der Waals surface area contributed by atoms with E-state index in [1.807, 2.05) is 6.07 Å². The Kier molecular flexibility index (Phi) is 5.46. The van der Waals surface area contributed by atoms with Crippen molar-refractivity contribution < 1.29 is 13.2 Å². The zero-order valence-electron chi connectivity index (χ0n) is 15.9. The second kappa shape index (κ2) is 7.87. The topological polar surface area (TPSA) is 85.2 Å². The summed E-state index contributed by atoms with van der Waals surface area (Å²) in [6, 6.07) is 5.34. The van der Waals surface area contributed by atoms with Crippen LogP contribution < -0.4 is 4.31 Å². The molecule has 0 amide bonds. The number of anilines is 1. The molecule has 0 saturated carbocycles. The Morgan fingerprint density at radius 3 is 2.79 bits per heavy atom. The van der Waals surface area contributed by atoms with E-state index in [1.165, 1.54) is 28.7 Å². The Morgan fingerprint density at radius 2 is 1.96 bits per heavy atom. The van der Waals surface area contributed by atoms with Crippen LogP contribution in [0.1, 0.15) is 47.4 Å². The third-order valence-electron chi connectivity index (χ3n) is 5.29. The highest BCUT2D eigenvalue weighted by molar-refractivity contribution is 7.99. The first-order valence-electron chi connectivity index (χ1n) is 9.62. The molecular formula is C19H24N4O3S2. The van der Waals surface area contributed by atoms with Gasteiger partial charge in [0.05, 0.1) is 17.7 Å². The number of aryl methyl sites for hydroxylation is 2. The van der Waals surface area contributed by atoms with Crippen LogP contribution in [0.25, 0.3) is 0 Å². The normalized spacial score (nSPS) is 17.0. The van der Waals surface area contributed by atoms with Crippen LogP contribution in [0.2, 0.25) is 0 Å². The number of aromatic nitrogens is 3. The lowest BCUT2D eigenvalue weighted by Gasteiger charge is -2.29. The zero-order chi connectivity index (χ0) is 19.7. The quantitative estimate of drug-likeness (QED) is 0.546. The molecule has 0 N–H and O–H groups in total. The first-order chi connectivity index (χ1) is 13.4. The van der Waals surface area contributed by atoms with E-state index < -0.39 is 10.0 Å². The predicted molar refractivity (Wildman–Crippen MR) is 110 cm³/mol. The highest BCUT2D eigenvalue weighted by Crippen LogP contribution is 2.30. The smallest absolute Gasteiger partial charge is 0.232 e. The van der Waals surface area contributed by atoms with Gasteiger partial charge in [-0.3, -0.25) is 9.10 Å². The van der Waals surface area contributed by atoms with Crippen molar-refractivity contribution in [3.8, 4) is 0 Å². The summed E-state index contributed by atoms with van der Waals surface area (Å²) >= 11 is 1.43. The van der Waals surface area contributed by atoms with Gasteiger partial charge in [0, 0.05) is 25.1 Å².